The first-order valence-corrected chi connectivity index (χ1v) is 6.11. The highest BCUT2D eigenvalue weighted by Gasteiger charge is 2.20. The number of nitro benzene ring substituents is 1. The number of nitro groups is 1. The third kappa shape index (κ3) is 3.38. The molecular weight excluding hydrogens is 306 g/mol. The van der Waals surface area contributed by atoms with Crippen LogP contribution in [0.3, 0.4) is 0 Å². The van der Waals surface area contributed by atoms with Crippen LogP contribution in [0.5, 0.6) is 5.75 Å². The van der Waals surface area contributed by atoms with Gasteiger partial charge in [0.2, 0.25) is 0 Å². The van der Waals surface area contributed by atoms with Gasteiger partial charge in [0.15, 0.2) is 5.82 Å². The molecule has 0 aromatic heterocycles. The molecular formula is C13H9ClF2N2O3. The van der Waals surface area contributed by atoms with E-state index in [9.17, 15) is 24.0 Å². The number of halogens is 3. The third-order valence-electron chi connectivity index (χ3n) is 2.73. The van der Waals surface area contributed by atoms with Crippen molar-refractivity contribution in [2.75, 3.05) is 5.32 Å². The topological polar surface area (TPSA) is 75.4 Å². The normalized spacial score (nSPS) is 10.4. The van der Waals surface area contributed by atoms with Gasteiger partial charge in [-0.15, -0.1) is 0 Å². The van der Waals surface area contributed by atoms with Gasteiger partial charge in [-0.05, 0) is 18.2 Å². The zero-order valence-corrected chi connectivity index (χ0v) is 11.2. The van der Waals surface area contributed by atoms with Gasteiger partial charge in [0.1, 0.15) is 17.3 Å². The van der Waals surface area contributed by atoms with Gasteiger partial charge in [-0.1, -0.05) is 11.6 Å². The monoisotopic (exact) mass is 314 g/mol. The van der Waals surface area contributed by atoms with E-state index in [0.717, 1.165) is 0 Å². The second kappa shape index (κ2) is 5.92. The SMILES string of the molecule is O=[N+]([O-])c1cc(F)cc(F)c1NCc1cc(Cl)ccc1O. The zero-order chi connectivity index (χ0) is 15.6. The van der Waals surface area contributed by atoms with Crippen molar-refractivity contribution in [3.05, 3.63) is 62.7 Å². The Balaban J connectivity index is 2.32. The molecule has 2 rings (SSSR count). The lowest BCUT2D eigenvalue weighted by molar-refractivity contribution is -0.384. The van der Waals surface area contributed by atoms with Crippen LogP contribution in [-0.4, -0.2) is 10.0 Å². The summed E-state index contributed by atoms with van der Waals surface area (Å²) >= 11 is 5.76. The number of nitrogens with one attached hydrogen (secondary N) is 1. The number of hydrogen-bond donors (Lipinski definition) is 2. The van der Waals surface area contributed by atoms with Crippen molar-refractivity contribution in [3.63, 3.8) is 0 Å². The Hall–Kier alpha value is -2.41. The summed E-state index contributed by atoms with van der Waals surface area (Å²) in [5.41, 5.74) is -0.865. The van der Waals surface area contributed by atoms with E-state index in [4.69, 9.17) is 11.6 Å². The Bertz CT molecular complexity index is 710. The molecule has 5 nitrogen and oxygen atoms in total. The summed E-state index contributed by atoms with van der Waals surface area (Å²) in [5, 5.41) is 23.3. The van der Waals surface area contributed by atoms with Crippen molar-refractivity contribution in [3.8, 4) is 5.75 Å². The van der Waals surface area contributed by atoms with E-state index < -0.39 is 27.9 Å². The fourth-order valence-electron chi connectivity index (χ4n) is 1.76. The summed E-state index contributed by atoms with van der Waals surface area (Å²) < 4.78 is 26.7. The van der Waals surface area contributed by atoms with Gasteiger partial charge in [0.05, 0.1) is 11.0 Å². The third-order valence-corrected chi connectivity index (χ3v) is 2.96. The molecule has 21 heavy (non-hydrogen) atoms. The first kappa shape index (κ1) is 15.0. The zero-order valence-electron chi connectivity index (χ0n) is 10.4. The number of aromatic hydroxyl groups is 1. The second-order valence-electron chi connectivity index (χ2n) is 4.17. The maximum Gasteiger partial charge on any atom is 0.298 e. The number of hydrogen-bond acceptors (Lipinski definition) is 4. The van der Waals surface area contributed by atoms with Crippen LogP contribution in [-0.2, 0) is 6.54 Å². The van der Waals surface area contributed by atoms with Crippen LogP contribution in [0.15, 0.2) is 30.3 Å². The maximum absolute atomic E-state index is 13.7. The summed E-state index contributed by atoms with van der Waals surface area (Å²) in [7, 11) is 0. The van der Waals surface area contributed by atoms with E-state index in [1.54, 1.807) is 0 Å². The Morgan fingerprint density at radius 2 is 2.00 bits per heavy atom. The van der Waals surface area contributed by atoms with E-state index in [2.05, 4.69) is 5.32 Å². The van der Waals surface area contributed by atoms with Gasteiger partial charge < -0.3 is 10.4 Å². The van der Waals surface area contributed by atoms with Gasteiger partial charge in [-0.2, -0.15) is 0 Å². The van der Waals surface area contributed by atoms with Crippen LogP contribution < -0.4 is 5.32 Å². The molecule has 0 bridgehead atoms. The molecule has 110 valence electrons. The van der Waals surface area contributed by atoms with E-state index in [1.807, 2.05) is 0 Å². The molecule has 0 saturated carbocycles. The second-order valence-corrected chi connectivity index (χ2v) is 4.60. The molecule has 0 aliphatic rings. The Morgan fingerprint density at radius 3 is 2.67 bits per heavy atom. The Kier molecular flexibility index (Phi) is 4.23. The average Bonchev–Trinajstić information content (AvgIpc) is 2.40. The number of phenols is 1. The number of rotatable bonds is 4. The van der Waals surface area contributed by atoms with E-state index in [-0.39, 0.29) is 12.3 Å². The highest BCUT2D eigenvalue weighted by atomic mass is 35.5. The fourth-order valence-corrected chi connectivity index (χ4v) is 1.95. The van der Waals surface area contributed by atoms with E-state index in [1.165, 1.54) is 18.2 Å². The summed E-state index contributed by atoms with van der Waals surface area (Å²) in [6, 6.07) is 5.38. The van der Waals surface area contributed by atoms with Crippen LogP contribution in [0.2, 0.25) is 5.02 Å². The van der Waals surface area contributed by atoms with Gasteiger partial charge >= 0.3 is 0 Å². The number of benzene rings is 2. The summed E-state index contributed by atoms with van der Waals surface area (Å²) in [6.07, 6.45) is 0. The van der Waals surface area contributed by atoms with Gasteiger partial charge in [-0.3, -0.25) is 10.1 Å². The molecule has 0 aliphatic carbocycles. The average molecular weight is 315 g/mol. The molecule has 2 N–H and O–H groups in total. The van der Waals surface area contributed by atoms with Crippen molar-refractivity contribution >= 4 is 23.0 Å². The minimum Gasteiger partial charge on any atom is -0.508 e. The molecule has 0 unspecified atom stereocenters. The smallest absolute Gasteiger partial charge is 0.298 e. The lowest BCUT2D eigenvalue weighted by Gasteiger charge is -2.10. The van der Waals surface area contributed by atoms with Crippen molar-refractivity contribution in [1.29, 1.82) is 0 Å². The fraction of sp³-hybridized carbons (Fsp3) is 0.0769. The van der Waals surface area contributed by atoms with Crippen LogP contribution in [0.1, 0.15) is 5.56 Å². The molecule has 0 saturated heterocycles. The predicted molar refractivity (Wildman–Crippen MR) is 73.5 cm³/mol. The standard InChI is InChI=1S/C13H9ClF2N2O3/c14-8-1-2-12(19)7(3-8)6-17-13-10(16)4-9(15)5-11(13)18(20)21/h1-5,17,19H,6H2. The molecule has 0 radical (unpaired) electrons. The maximum atomic E-state index is 13.7. The molecule has 0 fully saturated rings. The highest BCUT2D eigenvalue weighted by molar-refractivity contribution is 6.30. The molecule has 0 aliphatic heterocycles. The van der Waals surface area contributed by atoms with E-state index >= 15 is 0 Å². The Labute approximate surface area is 122 Å². The molecule has 2 aromatic rings. The molecule has 0 heterocycles. The quantitative estimate of drug-likeness (QED) is 0.664. The minimum absolute atomic E-state index is 0.0999. The summed E-state index contributed by atoms with van der Waals surface area (Å²) in [4.78, 5) is 9.92. The number of nitrogens with zero attached hydrogens (tertiary/aromatic N) is 1. The first-order valence-electron chi connectivity index (χ1n) is 5.73. The molecule has 8 heteroatoms. The van der Waals surface area contributed by atoms with Gasteiger partial charge in [0, 0.05) is 23.2 Å². The summed E-state index contributed by atoms with van der Waals surface area (Å²) in [6.45, 7) is -0.115. The predicted octanol–water partition coefficient (Wildman–Crippen LogP) is 3.84. The van der Waals surface area contributed by atoms with Crippen LogP contribution in [0.4, 0.5) is 20.2 Å². The van der Waals surface area contributed by atoms with Gasteiger partial charge in [-0.25, -0.2) is 8.78 Å². The number of anilines is 1. The lowest BCUT2D eigenvalue weighted by Crippen LogP contribution is -2.06. The first-order chi connectivity index (χ1) is 9.88. The highest BCUT2D eigenvalue weighted by Crippen LogP contribution is 2.30. The van der Waals surface area contributed by atoms with Crippen LogP contribution in [0.25, 0.3) is 0 Å². The molecule has 0 atom stereocenters. The van der Waals surface area contributed by atoms with E-state index in [0.29, 0.717) is 22.7 Å². The molecule has 0 amide bonds. The largest absolute Gasteiger partial charge is 0.508 e. The number of phenolic OH excluding ortho intramolecular Hbond substituents is 1. The Morgan fingerprint density at radius 1 is 1.29 bits per heavy atom. The minimum atomic E-state index is -1.09. The van der Waals surface area contributed by atoms with Crippen LogP contribution in [0, 0.1) is 21.7 Å². The van der Waals surface area contributed by atoms with Crippen LogP contribution >= 0.6 is 11.6 Å². The van der Waals surface area contributed by atoms with Crippen molar-refractivity contribution in [2.45, 2.75) is 6.54 Å². The summed E-state index contributed by atoms with van der Waals surface area (Å²) in [5.74, 6) is -2.24. The van der Waals surface area contributed by atoms with Crippen molar-refractivity contribution in [2.24, 2.45) is 0 Å². The molecule has 0 spiro atoms. The lowest BCUT2D eigenvalue weighted by atomic mass is 10.2. The van der Waals surface area contributed by atoms with Crippen molar-refractivity contribution < 1.29 is 18.8 Å². The van der Waals surface area contributed by atoms with Crippen molar-refractivity contribution in [1.82, 2.24) is 0 Å². The van der Waals surface area contributed by atoms with Gasteiger partial charge in [0.25, 0.3) is 5.69 Å². The molecule has 2 aromatic carbocycles.